The summed E-state index contributed by atoms with van der Waals surface area (Å²) in [5.41, 5.74) is 0.598. The van der Waals surface area contributed by atoms with Gasteiger partial charge in [0.05, 0.1) is 0 Å². The highest BCUT2D eigenvalue weighted by Crippen LogP contribution is 2.34. The molecule has 120 valence electrons. The van der Waals surface area contributed by atoms with E-state index in [-0.39, 0.29) is 18.5 Å². The lowest BCUT2D eigenvalue weighted by atomic mass is 10.2. The second-order valence-electron chi connectivity index (χ2n) is 5.03. The summed E-state index contributed by atoms with van der Waals surface area (Å²) in [5.74, 6) is 1.05. The largest absolute Gasteiger partial charge is 0.481 e. The van der Waals surface area contributed by atoms with Crippen molar-refractivity contribution in [2.45, 2.75) is 19.4 Å². The Morgan fingerprint density at radius 2 is 1.96 bits per heavy atom. The van der Waals surface area contributed by atoms with E-state index in [9.17, 15) is 9.18 Å². The molecule has 0 spiro atoms. The highest BCUT2D eigenvalue weighted by Gasteiger charge is 2.20. The van der Waals surface area contributed by atoms with Gasteiger partial charge < -0.3 is 19.5 Å². The molecule has 1 atom stereocenters. The van der Waals surface area contributed by atoms with Gasteiger partial charge in [-0.05, 0) is 42.8 Å². The Morgan fingerprint density at radius 1 is 1.22 bits per heavy atom. The summed E-state index contributed by atoms with van der Waals surface area (Å²) in [6.45, 7) is 2.02. The van der Waals surface area contributed by atoms with Crippen molar-refractivity contribution in [3.05, 3.63) is 48.3 Å². The van der Waals surface area contributed by atoms with Gasteiger partial charge in [-0.15, -0.1) is 0 Å². The van der Waals surface area contributed by atoms with Crippen LogP contribution < -0.4 is 19.5 Å². The SMILES string of the molecule is CCC(Oc1ccc(F)cc1)C(=O)Nc1ccc2c(c1)OCO2. The van der Waals surface area contributed by atoms with Gasteiger partial charge in [0, 0.05) is 11.8 Å². The number of hydrogen-bond donors (Lipinski definition) is 1. The van der Waals surface area contributed by atoms with Crippen molar-refractivity contribution < 1.29 is 23.4 Å². The van der Waals surface area contributed by atoms with Crippen LogP contribution in [0.4, 0.5) is 10.1 Å². The topological polar surface area (TPSA) is 56.8 Å². The number of anilines is 1. The Kier molecular flexibility index (Phi) is 4.32. The van der Waals surface area contributed by atoms with E-state index in [1.807, 2.05) is 6.92 Å². The van der Waals surface area contributed by atoms with E-state index in [0.717, 1.165) is 0 Å². The van der Waals surface area contributed by atoms with Crippen molar-refractivity contribution >= 4 is 11.6 Å². The van der Waals surface area contributed by atoms with Crippen LogP contribution in [-0.4, -0.2) is 18.8 Å². The van der Waals surface area contributed by atoms with Crippen LogP contribution >= 0.6 is 0 Å². The Bertz CT molecular complexity index is 702. The summed E-state index contributed by atoms with van der Waals surface area (Å²) in [5, 5.41) is 2.78. The number of ether oxygens (including phenoxy) is 3. The van der Waals surface area contributed by atoms with E-state index in [4.69, 9.17) is 14.2 Å². The molecule has 0 aromatic heterocycles. The first-order valence-electron chi connectivity index (χ1n) is 7.28. The van der Waals surface area contributed by atoms with Gasteiger partial charge in [0.25, 0.3) is 5.91 Å². The van der Waals surface area contributed by atoms with Crippen LogP contribution in [0.25, 0.3) is 0 Å². The monoisotopic (exact) mass is 317 g/mol. The molecule has 5 nitrogen and oxygen atoms in total. The van der Waals surface area contributed by atoms with Crippen LogP contribution in [0.3, 0.4) is 0 Å². The van der Waals surface area contributed by atoms with E-state index in [1.165, 1.54) is 24.3 Å². The van der Waals surface area contributed by atoms with Crippen molar-refractivity contribution in [2.24, 2.45) is 0 Å². The summed E-state index contributed by atoms with van der Waals surface area (Å²) in [4.78, 5) is 12.3. The number of fused-ring (bicyclic) bond motifs is 1. The maximum absolute atomic E-state index is 12.9. The van der Waals surface area contributed by atoms with Crippen LogP contribution in [-0.2, 0) is 4.79 Å². The standard InChI is InChI=1S/C17H16FNO4/c1-2-14(23-13-6-3-11(18)4-7-13)17(20)19-12-5-8-15-16(9-12)22-10-21-15/h3-9,14H,2,10H2,1H3,(H,19,20). The predicted molar refractivity (Wildman–Crippen MR) is 82.3 cm³/mol. The molecule has 0 saturated carbocycles. The molecule has 6 heteroatoms. The normalized spacial score (nSPS) is 13.5. The third-order valence-corrected chi connectivity index (χ3v) is 3.40. The summed E-state index contributed by atoms with van der Waals surface area (Å²) < 4.78 is 29.0. The lowest BCUT2D eigenvalue weighted by Gasteiger charge is -2.17. The Balaban J connectivity index is 1.66. The lowest BCUT2D eigenvalue weighted by Crippen LogP contribution is -2.32. The fraction of sp³-hybridized carbons (Fsp3) is 0.235. The van der Waals surface area contributed by atoms with Crippen molar-refractivity contribution in [1.82, 2.24) is 0 Å². The molecule has 3 rings (SSSR count). The fourth-order valence-electron chi connectivity index (χ4n) is 2.20. The molecule has 1 aliphatic heterocycles. The van der Waals surface area contributed by atoms with Crippen molar-refractivity contribution in [3.8, 4) is 17.2 Å². The molecule has 1 N–H and O–H groups in total. The smallest absolute Gasteiger partial charge is 0.265 e. The van der Waals surface area contributed by atoms with Gasteiger partial charge in [0.2, 0.25) is 6.79 Å². The van der Waals surface area contributed by atoms with Crippen LogP contribution in [0.5, 0.6) is 17.2 Å². The van der Waals surface area contributed by atoms with E-state index < -0.39 is 6.10 Å². The molecule has 1 unspecified atom stereocenters. The first-order valence-corrected chi connectivity index (χ1v) is 7.28. The first kappa shape index (κ1) is 15.1. The van der Waals surface area contributed by atoms with E-state index in [2.05, 4.69) is 5.32 Å². The minimum absolute atomic E-state index is 0.179. The Labute approximate surface area is 133 Å². The van der Waals surface area contributed by atoms with E-state index in [0.29, 0.717) is 29.4 Å². The molecule has 2 aromatic carbocycles. The zero-order chi connectivity index (χ0) is 16.2. The molecule has 1 amide bonds. The molecule has 1 heterocycles. The maximum atomic E-state index is 12.9. The number of carbonyl (C=O) groups excluding carboxylic acids is 1. The zero-order valence-electron chi connectivity index (χ0n) is 12.5. The van der Waals surface area contributed by atoms with Crippen molar-refractivity contribution in [3.63, 3.8) is 0 Å². The quantitative estimate of drug-likeness (QED) is 0.919. The molecular formula is C17H16FNO4. The molecule has 1 aliphatic rings. The third kappa shape index (κ3) is 3.53. The molecule has 0 bridgehead atoms. The number of carbonyl (C=O) groups is 1. The van der Waals surface area contributed by atoms with Crippen LogP contribution in [0.2, 0.25) is 0 Å². The van der Waals surface area contributed by atoms with Gasteiger partial charge in [0.1, 0.15) is 11.6 Å². The lowest BCUT2D eigenvalue weighted by molar-refractivity contribution is -0.122. The number of amides is 1. The summed E-state index contributed by atoms with van der Waals surface area (Å²) >= 11 is 0. The Hall–Kier alpha value is -2.76. The second-order valence-corrected chi connectivity index (χ2v) is 5.03. The minimum atomic E-state index is -0.675. The van der Waals surface area contributed by atoms with Gasteiger partial charge in [-0.25, -0.2) is 4.39 Å². The molecule has 2 aromatic rings. The molecule has 0 fully saturated rings. The van der Waals surface area contributed by atoms with Gasteiger partial charge in [0.15, 0.2) is 17.6 Å². The number of benzene rings is 2. The Morgan fingerprint density at radius 3 is 2.70 bits per heavy atom. The summed E-state index contributed by atoms with van der Waals surface area (Å²) in [6.07, 6.45) is -0.195. The van der Waals surface area contributed by atoms with Crippen molar-refractivity contribution in [1.29, 1.82) is 0 Å². The molecule has 23 heavy (non-hydrogen) atoms. The molecule has 0 aliphatic carbocycles. The molecule has 0 radical (unpaired) electrons. The molecule has 0 saturated heterocycles. The maximum Gasteiger partial charge on any atom is 0.265 e. The summed E-state index contributed by atoms with van der Waals surface area (Å²) in [6, 6.07) is 10.7. The van der Waals surface area contributed by atoms with Crippen molar-refractivity contribution in [2.75, 3.05) is 12.1 Å². The average Bonchev–Trinajstić information content (AvgIpc) is 3.02. The number of hydrogen-bond acceptors (Lipinski definition) is 4. The summed E-state index contributed by atoms with van der Waals surface area (Å²) in [7, 11) is 0. The highest BCUT2D eigenvalue weighted by atomic mass is 19.1. The number of nitrogens with one attached hydrogen (secondary N) is 1. The fourth-order valence-corrected chi connectivity index (χ4v) is 2.20. The van der Waals surface area contributed by atoms with Gasteiger partial charge in [-0.2, -0.15) is 0 Å². The molecular weight excluding hydrogens is 301 g/mol. The third-order valence-electron chi connectivity index (χ3n) is 3.40. The first-order chi connectivity index (χ1) is 11.2. The van der Waals surface area contributed by atoms with E-state index >= 15 is 0 Å². The van der Waals surface area contributed by atoms with Gasteiger partial charge in [-0.1, -0.05) is 6.92 Å². The van der Waals surface area contributed by atoms with Crippen LogP contribution in [0, 0.1) is 5.82 Å². The number of rotatable bonds is 5. The van der Waals surface area contributed by atoms with Gasteiger partial charge in [-0.3, -0.25) is 4.79 Å². The second kappa shape index (κ2) is 6.56. The van der Waals surface area contributed by atoms with Gasteiger partial charge >= 0.3 is 0 Å². The highest BCUT2D eigenvalue weighted by molar-refractivity contribution is 5.94. The van der Waals surface area contributed by atoms with E-state index in [1.54, 1.807) is 18.2 Å². The minimum Gasteiger partial charge on any atom is -0.481 e. The number of halogens is 1. The zero-order valence-corrected chi connectivity index (χ0v) is 12.5. The average molecular weight is 317 g/mol. The van der Waals surface area contributed by atoms with Crippen LogP contribution in [0.15, 0.2) is 42.5 Å². The predicted octanol–water partition coefficient (Wildman–Crippen LogP) is 3.35. The van der Waals surface area contributed by atoms with Crippen LogP contribution in [0.1, 0.15) is 13.3 Å².